The molecule has 3 rings (SSSR count). The van der Waals surface area contributed by atoms with Crippen LogP contribution in [0, 0.1) is 5.41 Å². The molecule has 9 heteroatoms. The Balaban J connectivity index is 1.62. The fourth-order valence-corrected chi connectivity index (χ4v) is 4.00. The number of rotatable bonds is 8. The second-order valence-corrected chi connectivity index (χ2v) is 10.1. The number of hydrogen-bond acceptors (Lipinski definition) is 6. The zero-order valence-corrected chi connectivity index (χ0v) is 21.9. The summed E-state index contributed by atoms with van der Waals surface area (Å²) in [6, 6.07) is 3.63. The molecule has 0 saturated heterocycles. The van der Waals surface area contributed by atoms with Gasteiger partial charge in [-0.1, -0.05) is 26.8 Å². The topological polar surface area (TPSA) is 107 Å². The highest BCUT2D eigenvalue weighted by molar-refractivity contribution is 5.97. The molecule has 0 bridgehead atoms. The van der Waals surface area contributed by atoms with Crippen LogP contribution in [0.4, 0.5) is 4.79 Å². The molecule has 0 aromatic heterocycles. The van der Waals surface area contributed by atoms with Gasteiger partial charge in [0.1, 0.15) is 11.9 Å². The molecule has 3 amide bonds. The van der Waals surface area contributed by atoms with E-state index in [1.54, 1.807) is 18.2 Å². The summed E-state index contributed by atoms with van der Waals surface area (Å²) in [5, 5.41) is 17.2. The van der Waals surface area contributed by atoms with Crippen LogP contribution in [-0.4, -0.2) is 55.6 Å². The Kier molecular flexibility index (Phi) is 9.27. The van der Waals surface area contributed by atoms with Crippen molar-refractivity contribution in [3.8, 4) is 5.75 Å². The second kappa shape index (κ2) is 12.4. The van der Waals surface area contributed by atoms with E-state index in [0.717, 1.165) is 29.7 Å². The minimum Gasteiger partial charge on any atom is -0.496 e. The summed E-state index contributed by atoms with van der Waals surface area (Å²) < 4.78 is 5.52. The Hall–Kier alpha value is -3.62. The van der Waals surface area contributed by atoms with Crippen molar-refractivity contribution in [2.45, 2.75) is 59.7 Å². The summed E-state index contributed by atoms with van der Waals surface area (Å²) in [5.74, 6) is 0.241. The number of dihydropyridines is 1. The standard InChI is InChI=1S/C27H38N6O3/c1-6-28-26(35)33-14-11-19-16-23(36-5)22(15-20(19)18-33)25(34)32-24-10-7-9-21(31-24)17-30-29-13-8-12-27(2,3)4/h7,9-10,13,15-17,24,31H,6,8,11-12,14,18H2,1-5H3,(H,28,35)(H,32,34)/b29-13+,30-17+. The van der Waals surface area contributed by atoms with E-state index < -0.39 is 6.17 Å². The number of carbonyl (C=O) groups excluding carboxylic acids is 2. The number of amides is 3. The van der Waals surface area contributed by atoms with Gasteiger partial charge >= 0.3 is 6.03 Å². The molecule has 1 aromatic carbocycles. The van der Waals surface area contributed by atoms with Gasteiger partial charge in [0.25, 0.3) is 5.91 Å². The number of nitrogens with one attached hydrogen (secondary N) is 3. The summed E-state index contributed by atoms with van der Waals surface area (Å²) >= 11 is 0. The Morgan fingerprint density at radius 2 is 2.06 bits per heavy atom. The van der Waals surface area contributed by atoms with Crippen LogP contribution in [0.15, 0.2) is 46.3 Å². The van der Waals surface area contributed by atoms with Crippen LogP contribution >= 0.6 is 0 Å². The number of methoxy groups -OCH3 is 1. The van der Waals surface area contributed by atoms with Crippen LogP contribution in [0.2, 0.25) is 0 Å². The van der Waals surface area contributed by atoms with Gasteiger partial charge in [-0.3, -0.25) is 4.79 Å². The van der Waals surface area contributed by atoms with E-state index in [1.807, 2.05) is 43.5 Å². The molecule has 194 valence electrons. The van der Waals surface area contributed by atoms with E-state index in [9.17, 15) is 9.59 Å². The zero-order chi connectivity index (χ0) is 26.1. The minimum atomic E-state index is -0.415. The third-order valence-corrected chi connectivity index (χ3v) is 5.95. The van der Waals surface area contributed by atoms with Gasteiger partial charge < -0.3 is 25.6 Å². The largest absolute Gasteiger partial charge is 0.496 e. The van der Waals surface area contributed by atoms with Gasteiger partial charge in [-0.05, 0) is 67.0 Å². The number of benzene rings is 1. The van der Waals surface area contributed by atoms with Crippen molar-refractivity contribution >= 4 is 24.4 Å². The van der Waals surface area contributed by atoms with E-state index in [2.05, 4.69) is 46.9 Å². The van der Waals surface area contributed by atoms with Crippen LogP contribution in [-0.2, 0) is 13.0 Å². The SMILES string of the molecule is CCNC(=O)N1CCc2cc(OC)c(C(=O)NC3C=CC=C(/C=N/N=C/CCC(C)(C)C)N3)cc2C1. The molecular formula is C27H38N6O3. The lowest BCUT2D eigenvalue weighted by Gasteiger charge is -2.30. The van der Waals surface area contributed by atoms with Crippen LogP contribution < -0.4 is 20.7 Å². The predicted octanol–water partition coefficient (Wildman–Crippen LogP) is 3.76. The summed E-state index contributed by atoms with van der Waals surface area (Å²) in [6.07, 6.45) is 11.2. The molecular weight excluding hydrogens is 456 g/mol. The maximum Gasteiger partial charge on any atom is 0.317 e. The number of hydrogen-bond donors (Lipinski definition) is 3. The molecule has 2 heterocycles. The van der Waals surface area contributed by atoms with Crippen LogP contribution in [0.5, 0.6) is 5.75 Å². The molecule has 0 spiro atoms. The van der Waals surface area contributed by atoms with Crippen molar-refractivity contribution in [1.82, 2.24) is 20.9 Å². The van der Waals surface area contributed by atoms with Crippen molar-refractivity contribution in [3.63, 3.8) is 0 Å². The lowest BCUT2D eigenvalue weighted by atomic mass is 9.91. The Morgan fingerprint density at radius 1 is 1.25 bits per heavy atom. The zero-order valence-electron chi connectivity index (χ0n) is 21.9. The van der Waals surface area contributed by atoms with Gasteiger partial charge in [0.2, 0.25) is 0 Å². The molecule has 1 aromatic rings. The van der Waals surface area contributed by atoms with Gasteiger partial charge in [-0.15, -0.1) is 0 Å². The van der Waals surface area contributed by atoms with E-state index in [1.165, 1.54) is 0 Å². The van der Waals surface area contributed by atoms with Crippen LogP contribution in [0.1, 0.15) is 62.0 Å². The molecule has 1 unspecified atom stereocenters. The maximum absolute atomic E-state index is 13.2. The normalized spacial score (nSPS) is 17.5. The summed E-state index contributed by atoms with van der Waals surface area (Å²) in [6.45, 7) is 10.1. The molecule has 2 aliphatic heterocycles. The van der Waals surface area contributed by atoms with Crippen molar-refractivity contribution in [2.75, 3.05) is 20.2 Å². The van der Waals surface area contributed by atoms with Gasteiger partial charge in [-0.25, -0.2) is 4.79 Å². The number of urea groups is 1. The average Bonchev–Trinajstić information content (AvgIpc) is 2.84. The number of carbonyl (C=O) groups is 2. The fraction of sp³-hybridized carbons (Fsp3) is 0.481. The molecule has 2 aliphatic rings. The molecule has 0 radical (unpaired) electrons. The maximum atomic E-state index is 13.2. The van der Waals surface area contributed by atoms with Crippen molar-refractivity contribution in [3.05, 3.63) is 52.7 Å². The van der Waals surface area contributed by atoms with Gasteiger partial charge in [0.15, 0.2) is 0 Å². The summed E-state index contributed by atoms with van der Waals surface area (Å²) in [5.41, 5.74) is 3.47. The molecule has 0 fully saturated rings. The number of allylic oxidation sites excluding steroid dienone is 3. The molecule has 3 N–H and O–H groups in total. The summed E-state index contributed by atoms with van der Waals surface area (Å²) in [4.78, 5) is 27.2. The lowest BCUT2D eigenvalue weighted by Crippen LogP contribution is -2.45. The van der Waals surface area contributed by atoms with Crippen LogP contribution in [0.3, 0.4) is 0 Å². The number of ether oxygens (including phenoxy) is 1. The number of fused-ring (bicyclic) bond motifs is 1. The van der Waals surface area contributed by atoms with Gasteiger partial charge in [-0.2, -0.15) is 10.2 Å². The van der Waals surface area contributed by atoms with Crippen molar-refractivity contribution < 1.29 is 14.3 Å². The molecule has 9 nitrogen and oxygen atoms in total. The van der Waals surface area contributed by atoms with E-state index in [-0.39, 0.29) is 17.4 Å². The Bertz CT molecular complexity index is 1070. The van der Waals surface area contributed by atoms with E-state index in [0.29, 0.717) is 37.4 Å². The van der Waals surface area contributed by atoms with Crippen LogP contribution in [0.25, 0.3) is 0 Å². The minimum absolute atomic E-state index is 0.0963. The molecule has 0 aliphatic carbocycles. The lowest BCUT2D eigenvalue weighted by molar-refractivity contribution is 0.0937. The second-order valence-electron chi connectivity index (χ2n) is 10.1. The molecule has 1 atom stereocenters. The van der Waals surface area contributed by atoms with Crippen molar-refractivity contribution in [1.29, 1.82) is 0 Å². The Labute approximate surface area is 213 Å². The highest BCUT2D eigenvalue weighted by Crippen LogP contribution is 2.28. The first-order chi connectivity index (χ1) is 17.2. The van der Waals surface area contributed by atoms with E-state index >= 15 is 0 Å². The Morgan fingerprint density at radius 3 is 2.78 bits per heavy atom. The first kappa shape index (κ1) is 27.0. The molecule has 36 heavy (non-hydrogen) atoms. The summed E-state index contributed by atoms with van der Waals surface area (Å²) in [7, 11) is 1.56. The third kappa shape index (κ3) is 7.69. The number of nitrogens with zero attached hydrogens (tertiary/aromatic N) is 3. The van der Waals surface area contributed by atoms with Gasteiger partial charge in [0, 0.05) is 25.8 Å². The van der Waals surface area contributed by atoms with E-state index in [4.69, 9.17) is 4.74 Å². The molecule has 0 saturated carbocycles. The fourth-order valence-electron chi connectivity index (χ4n) is 4.00. The highest BCUT2D eigenvalue weighted by atomic mass is 16.5. The smallest absolute Gasteiger partial charge is 0.317 e. The van der Waals surface area contributed by atoms with Crippen molar-refractivity contribution in [2.24, 2.45) is 15.6 Å². The highest BCUT2D eigenvalue weighted by Gasteiger charge is 2.25. The third-order valence-electron chi connectivity index (χ3n) is 5.95. The quantitative estimate of drug-likeness (QED) is 0.378. The van der Waals surface area contributed by atoms with Gasteiger partial charge in [0.05, 0.1) is 24.6 Å². The monoisotopic (exact) mass is 494 g/mol. The predicted molar refractivity (Wildman–Crippen MR) is 143 cm³/mol. The first-order valence-corrected chi connectivity index (χ1v) is 12.4. The first-order valence-electron chi connectivity index (χ1n) is 12.4. The average molecular weight is 495 g/mol.